The van der Waals surface area contributed by atoms with Gasteiger partial charge in [0.05, 0.1) is 6.54 Å². The van der Waals surface area contributed by atoms with Crippen LogP contribution >= 0.6 is 0 Å². The van der Waals surface area contributed by atoms with E-state index in [1.807, 2.05) is 23.1 Å². The van der Waals surface area contributed by atoms with Crippen molar-refractivity contribution in [1.29, 1.82) is 0 Å². The topological polar surface area (TPSA) is 51.0 Å². The minimum Gasteiger partial charge on any atom is -0.338 e. The molecule has 0 bridgehead atoms. The average Bonchev–Trinajstić information content (AvgIpc) is 3.15. The fraction of sp³-hybridized carbons (Fsp3) is 0.318. The Morgan fingerprint density at radius 3 is 2.82 bits per heavy atom. The number of likely N-dealkylation sites (tertiary alicyclic amines) is 1. The SMILES string of the molecule is O=C(c1cccc(F)c1)N1CCCC(Cc2nncn2Cc2ccccc2)C1. The lowest BCUT2D eigenvalue weighted by Gasteiger charge is -2.32. The Balaban J connectivity index is 1.42. The number of carbonyl (C=O) groups is 1. The van der Waals surface area contributed by atoms with Crippen LogP contribution < -0.4 is 0 Å². The number of rotatable bonds is 5. The van der Waals surface area contributed by atoms with Crippen molar-refractivity contribution in [1.82, 2.24) is 19.7 Å². The number of aromatic nitrogens is 3. The number of piperidine rings is 1. The van der Waals surface area contributed by atoms with Crippen LogP contribution in [-0.4, -0.2) is 38.7 Å². The molecular formula is C22H23FN4O. The molecule has 0 aliphatic carbocycles. The molecule has 6 heteroatoms. The Labute approximate surface area is 163 Å². The molecule has 2 heterocycles. The first-order chi connectivity index (χ1) is 13.7. The van der Waals surface area contributed by atoms with Crippen LogP contribution in [0.2, 0.25) is 0 Å². The number of carbonyl (C=O) groups excluding carboxylic acids is 1. The van der Waals surface area contributed by atoms with Crippen LogP contribution in [0.15, 0.2) is 60.9 Å². The summed E-state index contributed by atoms with van der Waals surface area (Å²) >= 11 is 0. The molecule has 0 saturated carbocycles. The first kappa shape index (κ1) is 18.3. The maximum Gasteiger partial charge on any atom is 0.253 e. The zero-order valence-electron chi connectivity index (χ0n) is 15.7. The van der Waals surface area contributed by atoms with Gasteiger partial charge in [0.2, 0.25) is 0 Å². The zero-order chi connectivity index (χ0) is 19.3. The van der Waals surface area contributed by atoms with Crippen molar-refractivity contribution in [2.24, 2.45) is 5.92 Å². The number of halogens is 1. The van der Waals surface area contributed by atoms with Crippen molar-refractivity contribution < 1.29 is 9.18 Å². The second-order valence-corrected chi connectivity index (χ2v) is 7.33. The minimum atomic E-state index is -0.381. The predicted octanol–water partition coefficient (Wildman–Crippen LogP) is 3.56. The quantitative estimate of drug-likeness (QED) is 0.682. The third-order valence-corrected chi connectivity index (χ3v) is 5.24. The van der Waals surface area contributed by atoms with Gasteiger partial charge in [-0.15, -0.1) is 10.2 Å². The van der Waals surface area contributed by atoms with Crippen LogP contribution in [0.1, 0.15) is 34.6 Å². The second-order valence-electron chi connectivity index (χ2n) is 7.33. The molecule has 0 spiro atoms. The van der Waals surface area contributed by atoms with Crippen molar-refractivity contribution in [2.75, 3.05) is 13.1 Å². The maximum absolute atomic E-state index is 13.5. The third-order valence-electron chi connectivity index (χ3n) is 5.24. The zero-order valence-corrected chi connectivity index (χ0v) is 15.7. The highest BCUT2D eigenvalue weighted by Gasteiger charge is 2.26. The molecular weight excluding hydrogens is 355 g/mol. The molecule has 0 N–H and O–H groups in total. The van der Waals surface area contributed by atoms with Crippen molar-refractivity contribution >= 4 is 5.91 Å². The summed E-state index contributed by atoms with van der Waals surface area (Å²) in [4.78, 5) is 14.6. The van der Waals surface area contributed by atoms with Gasteiger partial charge in [0.25, 0.3) is 5.91 Å². The van der Waals surface area contributed by atoms with Crippen LogP contribution in [0, 0.1) is 11.7 Å². The van der Waals surface area contributed by atoms with E-state index in [0.29, 0.717) is 24.6 Å². The molecule has 1 aromatic heterocycles. The first-order valence-electron chi connectivity index (χ1n) is 9.64. The van der Waals surface area contributed by atoms with Gasteiger partial charge < -0.3 is 9.47 Å². The normalized spacial score (nSPS) is 16.9. The van der Waals surface area contributed by atoms with E-state index in [1.54, 1.807) is 18.5 Å². The number of hydrogen-bond donors (Lipinski definition) is 0. The summed E-state index contributed by atoms with van der Waals surface area (Å²) in [6.45, 7) is 2.11. The van der Waals surface area contributed by atoms with Gasteiger partial charge in [-0.05, 0) is 42.5 Å². The van der Waals surface area contributed by atoms with Crippen LogP contribution in [0.3, 0.4) is 0 Å². The molecule has 1 amide bonds. The van der Waals surface area contributed by atoms with E-state index in [4.69, 9.17) is 0 Å². The summed E-state index contributed by atoms with van der Waals surface area (Å²) < 4.78 is 15.5. The molecule has 5 nitrogen and oxygen atoms in total. The standard InChI is InChI=1S/C22H23FN4O/c23-20-10-4-9-19(13-20)22(28)26-11-5-8-18(15-26)12-21-25-24-16-27(21)14-17-6-2-1-3-7-17/h1-4,6-7,9-10,13,16,18H,5,8,11-12,14-15H2. The van der Waals surface area contributed by atoms with Crippen molar-refractivity contribution in [3.63, 3.8) is 0 Å². The van der Waals surface area contributed by atoms with E-state index in [2.05, 4.69) is 26.9 Å². The molecule has 1 fully saturated rings. The molecule has 28 heavy (non-hydrogen) atoms. The Bertz CT molecular complexity index is 940. The van der Waals surface area contributed by atoms with E-state index in [0.717, 1.165) is 31.6 Å². The molecule has 1 atom stereocenters. The highest BCUT2D eigenvalue weighted by atomic mass is 19.1. The summed E-state index contributed by atoms with van der Waals surface area (Å²) in [7, 11) is 0. The lowest BCUT2D eigenvalue weighted by molar-refractivity contribution is 0.0671. The van der Waals surface area contributed by atoms with Gasteiger partial charge >= 0.3 is 0 Å². The Morgan fingerprint density at radius 2 is 2.00 bits per heavy atom. The lowest BCUT2D eigenvalue weighted by atomic mass is 9.94. The Morgan fingerprint density at radius 1 is 1.14 bits per heavy atom. The number of amides is 1. The highest BCUT2D eigenvalue weighted by molar-refractivity contribution is 5.94. The van der Waals surface area contributed by atoms with Crippen molar-refractivity contribution in [3.8, 4) is 0 Å². The fourth-order valence-electron chi connectivity index (χ4n) is 3.83. The number of benzene rings is 2. The van der Waals surface area contributed by atoms with Crippen molar-refractivity contribution in [2.45, 2.75) is 25.8 Å². The number of nitrogens with zero attached hydrogens (tertiary/aromatic N) is 4. The maximum atomic E-state index is 13.5. The molecule has 1 saturated heterocycles. The second kappa shape index (κ2) is 8.33. The van der Waals surface area contributed by atoms with Gasteiger partial charge in [-0.3, -0.25) is 4.79 Å². The van der Waals surface area contributed by atoms with Crippen LogP contribution in [-0.2, 0) is 13.0 Å². The molecule has 1 unspecified atom stereocenters. The lowest BCUT2D eigenvalue weighted by Crippen LogP contribution is -2.40. The molecule has 1 aliphatic heterocycles. The van der Waals surface area contributed by atoms with Crippen LogP contribution in [0.4, 0.5) is 4.39 Å². The fourth-order valence-corrected chi connectivity index (χ4v) is 3.83. The van der Waals surface area contributed by atoms with E-state index < -0.39 is 0 Å². The van der Waals surface area contributed by atoms with E-state index in [-0.39, 0.29) is 11.7 Å². The molecule has 0 radical (unpaired) electrons. The van der Waals surface area contributed by atoms with Gasteiger partial charge in [0.1, 0.15) is 18.0 Å². The van der Waals surface area contributed by atoms with Gasteiger partial charge in [-0.2, -0.15) is 0 Å². The Hall–Kier alpha value is -3.02. The van der Waals surface area contributed by atoms with Gasteiger partial charge in [-0.1, -0.05) is 36.4 Å². The summed E-state index contributed by atoms with van der Waals surface area (Å²) in [5, 5.41) is 8.39. The van der Waals surface area contributed by atoms with Gasteiger partial charge in [-0.25, -0.2) is 4.39 Å². The van der Waals surface area contributed by atoms with E-state index in [9.17, 15) is 9.18 Å². The number of hydrogen-bond acceptors (Lipinski definition) is 3. The van der Waals surface area contributed by atoms with Crippen LogP contribution in [0.25, 0.3) is 0 Å². The molecule has 1 aliphatic rings. The van der Waals surface area contributed by atoms with Crippen LogP contribution in [0.5, 0.6) is 0 Å². The average molecular weight is 378 g/mol. The minimum absolute atomic E-state index is 0.102. The van der Waals surface area contributed by atoms with Gasteiger partial charge in [0.15, 0.2) is 0 Å². The monoisotopic (exact) mass is 378 g/mol. The largest absolute Gasteiger partial charge is 0.338 e. The van der Waals surface area contributed by atoms with Gasteiger partial charge in [0, 0.05) is 25.1 Å². The highest BCUT2D eigenvalue weighted by Crippen LogP contribution is 2.22. The van der Waals surface area contributed by atoms with E-state index in [1.165, 1.54) is 17.7 Å². The Kier molecular flexibility index (Phi) is 5.46. The summed E-state index contributed by atoms with van der Waals surface area (Å²) in [5.74, 6) is 0.780. The molecule has 2 aromatic carbocycles. The van der Waals surface area contributed by atoms with E-state index >= 15 is 0 Å². The summed E-state index contributed by atoms with van der Waals surface area (Å²) in [6, 6.07) is 16.1. The van der Waals surface area contributed by atoms with Crippen molar-refractivity contribution in [3.05, 3.63) is 83.7 Å². The third kappa shape index (κ3) is 4.27. The molecule has 3 aromatic rings. The molecule has 144 valence electrons. The summed E-state index contributed by atoms with van der Waals surface area (Å²) in [5.41, 5.74) is 1.61. The summed E-state index contributed by atoms with van der Waals surface area (Å²) in [6.07, 6.45) is 4.53. The predicted molar refractivity (Wildman–Crippen MR) is 104 cm³/mol. The molecule has 4 rings (SSSR count). The first-order valence-corrected chi connectivity index (χ1v) is 9.64. The smallest absolute Gasteiger partial charge is 0.253 e.